The summed E-state index contributed by atoms with van der Waals surface area (Å²) < 4.78 is 10.5. The van der Waals surface area contributed by atoms with Gasteiger partial charge in [-0.05, 0) is 24.3 Å². The van der Waals surface area contributed by atoms with Crippen LogP contribution in [0.4, 0.5) is 11.4 Å². The Balaban J connectivity index is 1.80. The number of anilines is 1. The van der Waals surface area contributed by atoms with Gasteiger partial charge in [0, 0.05) is 19.5 Å². The van der Waals surface area contributed by atoms with Crippen LogP contribution in [-0.4, -0.2) is 48.4 Å². The summed E-state index contributed by atoms with van der Waals surface area (Å²) in [5.74, 6) is 0.794. The van der Waals surface area contributed by atoms with Crippen molar-refractivity contribution in [3.8, 4) is 11.5 Å². The van der Waals surface area contributed by atoms with E-state index in [4.69, 9.17) is 9.47 Å². The Labute approximate surface area is 167 Å². The molecule has 1 N–H and O–H groups in total. The van der Waals surface area contributed by atoms with Gasteiger partial charge >= 0.3 is 0 Å². The molecule has 8 heteroatoms. The minimum Gasteiger partial charge on any atom is -0.497 e. The van der Waals surface area contributed by atoms with Crippen molar-refractivity contribution < 1.29 is 19.1 Å². The van der Waals surface area contributed by atoms with Crippen LogP contribution in [0.2, 0.25) is 0 Å². The van der Waals surface area contributed by atoms with Crippen LogP contribution >= 0.6 is 11.8 Å². The number of nitrogens with one attached hydrogen (secondary N) is 1. The number of thioether (sulfide) groups is 1. The molecule has 146 valence electrons. The SMILES string of the molecule is COc1cccc(N=C2S[C@H](C(=O)Nc3ccccc3OC)CC(=O)N2C)c1. The first-order chi connectivity index (χ1) is 13.5. The normalized spacial score (nSPS) is 18.1. The number of nitrogens with zero attached hydrogens (tertiary/aromatic N) is 2. The molecule has 1 aliphatic heterocycles. The summed E-state index contributed by atoms with van der Waals surface area (Å²) in [5.41, 5.74) is 1.21. The van der Waals surface area contributed by atoms with Gasteiger partial charge in [0.15, 0.2) is 5.17 Å². The number of hydrogen-bond donors (Lipinski definition) is 1. The summed E-state index contributed by atoms with van der Waals surface area (Å²) in [7, 11) is 4.77. The molecule has 1 fully saturated rings. The highest BCUT2D eigenvalue weighted by Gasteiger charge is 2.34. The minimum absolute atomic E-state index is 0.0965. The van der Waals surface area contributed by atoms with E-state index in [1.807, 2.05) is 24.3 Å². The van der Waals surface area contributed by atoms with Crippen molar-refractivity contribution in [2.45, 2.75) is 11.7 Å². The second-order valence-corrected chi connectivity index (χ2v) is 7.22. The fraction of sp³-hybridized carbons (Fsp3) is 0.250. The highest BCUT2D eigenvalue weighted by atomic mass is 32.2. The van der Waals surface area contributed by atoms with E-state index in [1.165, 1.54) is 23.8 Å². The van der Waals surface area contributed by atoms with E-state index in [2.05, 4.69) is 10.3 Å². The van der Waals surface area contributed by atoms with Crippen LogP contribution in [0.25, 0.3) is 0 Å². The zero-order valence-electron chi connectivity index (χ0n) is 15.8. The number of amides is 2. The van der Waals surface area contributed by atoms with Gasteiger partial charge < -0.3 is 14.8 Å². The Kier molecular flexibility index (Phi) is 6.20. The number of ether oxygens (including phenoxy) is 2. The largest absolute Gasteiger partial charge is 0.497 e. The molecular weight excluding hydrogens is 378 g/mol. The predicted octanol–water partition coefficient (Wildman–Crippen LogP) is 3.29. The molecule has 2 aromatic carbocycles. The van der Waals surface area contributed by atoms with E-state index in [1.54, 1.807) is 38.4 Å². The fourth-order valence-corrected chi connectivity index (χ4v) is 3.71. The van der Waals surface area contributed by atoms with E-state index in [0.717, 1.165) is 0 Å². The van der Waals surface area contributed by atoms with Gasteiger partial charge in [-0.15, -0.1) is 0 Å². The minimum atomic E-state index is -0.585. The van der Waals surface area contributed by atoms with Crippen LogP contribution in [0.15, 0.2) is 53.5 Å². The number of hydrogen-bond acceptors (Lipinski definition) is 6. The summed E-state index contributed by atoms with van der Waals surface area (Å²) in [6.45, 7) is 0. The van der Waals surface area contributed by atoms with Crippen molar-refractivity contribution in [3.05, 3.63) is 48.5 Å². The lowest BCUT2D eigenvalue weighted by Crippen LogP contribution is -2.43. The van der Waals surface area contributed by atoms with Gasteiger partial charge in [-0.1, -0.05) is 30.0 Å². The highest BCUT2D eigenvalue weighted by Crippen LogP contribution is 2.31. The monoisotopic (exact) mass is 399 g/mol. The van der Waals surface area contributed by atoms with Crippen molar-refractivity contribution in [1.82, 2.24) is 4.90 Å². The van der Waals surface area contributed by atoms with Gasteiger partial charge in [0.1, 0.15) is 16.7 Å². The zero-order chi connectivity index (χ0) is 20.1. The first-order valence-corrected chi connectivity index (χ1v) is 9.49. The van der Waals surface area contributed by atoms with Crippen LogP contribution in [-0.2, 0) is 9.59 Å². The molecule has 0 aromatic heterocycles. The number of rotatable bonds is 5. The molecular formula is C20H21N3O4S. The highest BCUT2D eigenvalue weighted by molar-refractivity contribution is 8.15. The van der Waals surface area contributed by atoms with Crippen LogP contribution in [0.3, 0.4) is 0 Å². The lowest BCUT2D eigenvalue weighted by atomic mass is 10.2. The Hall–Kier alpha value is -3.00. The number of carbonyl (C=O) groups is 2. The molecule has 0 aliphatic carbocycles. The Morgan fingerprint density at radius 2 is 1.96 bits per heavy atom. The first-order valence-electron chi connectivity index (χ1n) is 8.61. The maximum absolute atomic E-state index is 12.8. The Bertz CT molecular complexity index is 916. The number of methoxy groups -OCH3 is 2. The summed E-state index contributed by atoms with van der Waals surface area (Å²) >= 11 is 1.25. The summed E-state index contributed by atoms with van der Waals surface area (Å²) in [6.07, 6.45) is 0.0965. The average molecular weight is 399 g/mol. The molecule has 1 heterocycles. The lowest BCUT2D eigenvalue weighted by Gasteiger charge is -2.29. The topological polar surface area (TPSA) is 80.2 Å². The predicted molar refractivity (Wildman–Crippen MR) is 110 cm³/mol. The maximum atomic E-state index is 12.8. The average Bonchev–Trinajstić information content (AvgIpc) is 2.71. The summed E-state index contributed by atoms with van der Waals surface area (Å²) in [4.78, 5) is 31.2. The van der Waals surface area contributed by atoms with Crippen LogP contribution in [0.1, 0.15) is 6.42 Å². The Morgan fingerprint density at radius 1 is 1.18 bits per heavy atom. The maximum Gasteiger partial charge on any atom is 0.238 e. The molecule has 0 saturated carbocycles. The first kappa shape index (κ1) is 19.8. The number of aliphatic imine (C=N–C) groups is 1. The van der Waals surface area contributed by atoms with Crippen molar-refractivity contribution in [3.63, 3.8) is 0 Å². The molecule has 0 bridgehead atoms. The van der Waals surface area contributed by atoms with E-state index in [9.17, 15) is 9.59 Å². The van der Waals surface area contributed by atoms with E-state index in [0.29, 0.717) is 28.0 Å². The molecule has 2 amide bonds. The van der Waals surface area contributed by atoms with Gasteiger partial charge in [0.05, 0.1) is 25.6 Å². The smallest absolute Gasteiger partial charge is 0.238 e. The number of para-hydroxylation sites is 2. The van der Waals surface area contributed by atoms with Crippen molar-refractivity contribution in [2.24, 2.45) is 4.99 Å². The molecule has 1 saturated heterocycles. The standard InChI is InChI=1S/C20H21N3O4S/c1-23-18(24)12-17(19(25)22-15-9-4-5-10-16(15)27-3)28-20(23)21-13-7-6-8-14(11-13)26-2/h4-11,17H,12H2,1-3H3,(H,22,25)/t17-/m0/s1. The van der Waals surface area contributed by atoms with Gasteiger partial charge in [0.2, 0.25) is 11.8 Å². The molecule has 1 atom stereocenters. The van der Waals surface area contributed by atoms with Crippen molar-refractivity contribution in [1.29, 1.82) is 0 Å². The Morgan fingerprint density at radius 3 is 2.71 bits per heavy atom. The number of carbonyl (C=O) groups excluding carboxylic acids is 2. The van der Waals surface area contributed by atoms with E-state index >= 15 is 0 Å². The van der Waals surface area contributed by atoms with Crippen LogP contribution in [0, 0.1) is 0 Å². The summed E-state index contributed by atoms with van der Waals surface area (Å²) in [5, 5.41) is 2.72. The molecule has 28 heavy (non-hydrogen) atoms. The third-order valence-electron chi connectivity index (χ3n) is 4.20. The zero-order valence-corrected chi connectivity index (χ0v) is 16.7. The van der Waals surface area contributed by atoms with Crippen molar-refractivity contribution in [2.75, 3.05) is 26.6 Å². The van der Waals surface area contributed by atoms with E-state index in [-0.39, 0.29) is 18.2 Å². The van der Waals surface area contributed by atoms with Crippen molar-refractivity contribution >= 4 is 40.1 Å². The third-order valence-corrected chi connectivity index (χ3v) is 5.45. The molecule has 2 aromatic rings. The van der Waals surface area contributed by atoms with E-state index < -0.39 is 5.25 Å². The fourth-order valence-electron chi connectivity index (χ4n) is 2.65. The second kappa shape index (κ2) is 8.79. The summed E-state index contributed by atoms with van der Waals surface area (Å²) in [6, 6.07) is 14.4. The molecule has 3 rings (SSSR count). The van der Waals surface area contributed by atoms with Crippen LogP contribution in [0.5, 0.6) is 11.5 Å². The molecule has 1 aliphatic rings. The molecule has 0 radical (unpaired) electrons. The van der Waals surface area contributed by atoms with Gasteiger partial charge in [-0.2, -0.15) is 0 Å². The number of benzene rings is 2. The molecule has 0 unspecified atom stereocenters. The van der Waals surface area contributed by atoms with Gasteiger partial charge in [-0.3, -0.25) is 14.5 Å². The molecule has 0 spiro atoms. The van der Waals surface area contributed by atoms with Gasteiger partial charge in [-0.25, -0.2) is 4.99 Å². The third kappa shape index (κ3) is 4.45. The van der Waals surface area contributed by atoms with Crippen LogP contribution < -0.4 is 14.8 Å². The quantitative estimate of drug-likeness (QED) is 0.835. The lowest BCUT2D eigenvalue weighted by molar-refractivity contribution is -0.128. The van der Waals surface area contributed by atoms with Gasteiger partial charge in [0.25, 0.3) is 0 Å². The number of amidine groups is 1. The second-order valence-electron chi connectivity index (χ2n) is 6.05. The molecule has 7 nitrogen and oxygen atoms in total.